The van der Waals surface area contributed by atoms with Crippen LogP contribution in [0.5, 0.6) is 0 Å². The second-order valence-electron chi connectivity index (χ2n) is 11.8. The average molecular weight is 668 g/mol. The van der Waals surface area contributed by atoms with Crippen LogP contribution in [0.15, 0.2) is 58.2 Å². The van der Waals surface area contributed by atoms with Gasteiger partial charge in [-0.15, -0.1) is 11.3 Å². The standard InChI is InChI=1S/C33H32F3N5O5S/c1-4-46-31(44)25-24(38-28(29-37-10-12-47-29)39-27(25)22-7-8-23(34)26(35)18(22)3)16-40-11-9-33(36)19(14-40)15-41(32(33)45)20-5-6-21(30(42)43)17(2)13-20/h5-8,10,12-13,19,27H,4,9,11,14-16H2,1-3H3,(H,38,39)(H,42,43)/t19-,27-,33+/m0/s1. The summed E-state index contributed by atoms with van der Waals surface area (Å²) in [4.78, 5) is 50.8. The number of esters is 1. The van der Waals surface area contributed by atoms with E-state index in [1.807, 2.05) is 4.90 Å². The molecule has 3 aliphatic rings. The van der Waals surface area contributed by atoms with Crippen LogP contribution >= 0.6 is 11.3 Å². The summed E-state index contributed by atoms with van der Waals surface area (Å²) in [6.45, 7) is 5.31. The van der Waals surface area contributed by atoms with Crippen LogP contribution in [0.4, 0.5) is 18.9 Å². The number of anilines is 1. The Morgan fingerprint density at radius 2 is 1.98 bits per heavy atom. The second kappa shape index (κ2) is 12.6. The number of amidine groups is 1. The molecule has 0 spiro atoms. The van der Waals surface area contributed by atoms with Gasteiger partial charge in [-0.05, 0) is 61.7 Å². The number of aliphatic imine (C=N–C) groups is 1. The molecule has 0 radical (unpaired) electrons. The van der Waals surface area contributed by atoms with Crippen molar-refractivity contribution < 1.29 is 37.4 Å². The molecule has 3 aliphatic heterocycles. The molecule has 2 saturated heterocycles. The number of piperidine rings is 1. The monoisotopic (exact) mass is 667 g/mol. The van der Waals surface area contributed by atoms with Gasteiger partial charge in [0.05, 0.1) is 17.7 Å². The number of nitrogens with zero attached hydrogens (tertiary/aromatic N) is 4. The Hall–Kier alpha value is -4.56. The summed E-state index contributed by atoms with van der Waals surface area (Å²) in [5.41, 5.74) is -0.362. The minimum absolute atomic E-state index is 0.00310. The number of carbonyl (C=O) groups is 3. The SMILES string of the molecule is CCOC(=O)C1=C(CN2CC[C@]3(F)C(=O)N(c4ccc(C(=O)O)c(C)c4)C[C@@H]3C2)NC(c2nccs2)=N[C@H]1c1ccc(F)c(F)c1C. The van der Waals surface area contributed by atoms with Crippen molar-refractivity contribution in [1.29, 1.82) is 0 Å². The van der Waals surface area contributed by atoms with Gasteiger partial charge in [-0.2, -0.15) is 0 Å². The molecule has 0 bridgehead atoms. The molecule has 0 unspecified atom stereocenters. The van der Waals surface area contributed by atoms with Gasteiger partial charge < -0.3 is 20.1 Å². The molecule has 2 fully saturated rings. The highest BCUT2D eigenvalue weighted by molar-refractivity contribution is 7.11. The van der Waals surface area contributed by atoms with Crippen molar-refractivity contribution in [3.63, 3.8) is 0 Å². The minimum Gasteiger partial charge on any atom is -0.478 e. The number of rotatable bonds is 8. The zero-order valence-corrected chi connectivity index (χ0v) is 26.7. The van der Waals surface area contributed by atoms with E-state index in [1.165, 1.54) is 41.4 Å². The van der Waals surface area contributed by atoms with Crippen molar-refractivity contribution in [3.05, 3.63) is 92.1 Å². The number of thiazole rings is 1. The number of nitrogens with one attached hydrogen (secondary N) is 1. The first-order valence-corrected chi connectivity index (χ1v) is 16.0. The van der Waals surface area contributed by atoms with Gasteiger partial charge in [0.15, 0.2) is 28.1 Å². The molecule has 2 N–H and O–H groups in total. The fourth-order valence-electron chi connectivity index (χ4n) is 6.54. The number of aryl methyl sites for hydroxylation is 1. The van der Waals surface area contributed by atoms with E-state index in [4.69, 9.17) is 9.73 Å². The van der Waals surface area contributed by atoms with Crippen molar-refractivity contribution in [1.82, 2.24) is 15.2 Å². The van der Waals surface area contributed by atoms with Crippen molar-refractivity contribution >= 4 is 40.7 Å². The maximum Gasteiger partial charge on any atom is 0.338 e. The molecule has 4 heterocycles. The first kappa shape index (κ1) is 32.4. The molecule has 14 heteroatoms. The fraction of sp³-hybridized carbons (Fsp3) is 0.364. The number of aromatic nitrogens is 1. The third-order valence-electron chi connectivity index (χ3n) is 8.99. The first-order chi connectivity index (χ1) is 22.4. The molecule has 10 nitrogen and oxygen atoms in total. The Balaban J connectivity index is 1.33. The number of benzene rings is 2. The summed E-state index contributed by atoms with van der Waals surface area (Å²) in [5, 5.41) is 14.9. The molecule has 1 aromatic heterocycles. The minimum atomic E-state index is -2.12. The highest BCUT2D eigenvalue weighted by Crippen LogP contribution is 2.43. The largest absolute Gasteiger partial charge is 0.478 e. The average Bonchev–Trinajstić information content (AvgIpc) is 3.66. The first-order valence-electron chi connectivity index (χ1n) is 15.1. The van der Waals surface area contributed by atoms with Crippen LogP contribution in [0, 0.1) is 31.4 Å². The van der Waals surface area contributed by atoms with E-state index in [-0.39, 0.29) is 61.5 Å². The van der Waals surface area contributed by atoms with E-state index in [2.05, 4.69) is 10.3 Å². The fourth-order valence-corrected chi connectivity index (χ4v) is 7.12. The Bertz CT molecular complexity index is 1830. The molecular weight excluding hydrogens is 635 g/mol. The highest BCUT2D eigenvalue weighted by atomic mass is 32.1. The summed E-state index contributed by atoms with van der Waals surface area (Å²) >= 11 is 1.30. The van der Waals surface area contributed by atoms with Crippen LogP contribution in [0.3, 0.4) is 0 Å². The van der Waals surface area contributed by atoms with Crippen LogP contribution in [-0.4, -0.2) is 77.1 Å². The number of amides is 1. The Kier molecular flexibility index (Phi) is 8.66. The number of likely N-dealkylation sites (tertiary alicyclic amines) is 1. The zero-order valence-electron chi connectivity index (χ0n) is 25.8. The lowest BCUT2D eigenvalue weighted by molar-refractivity contribution is -0.139. The number of aromatic carboxylic acids is 1. The topological polar surface area (TPSA) is 124 Å². The lowest BCUT2D eigenvalue weighted by atomic mass is 9.84. The van der Waals surface area contributed by atoms with Gasteiger partial charge in [0.1, 0.15) is 6.04 Å². The van der Waals surface area contributed by atoms with E-state index in [1.54, 1.807) is 31.5 Å². The van der Waals surface area contributed by atoms with Crippen LogP contribution in [0.1, 0.15) is 51.4 Å². The highest BCUT2D eigenvalue weighted by Gasteiger charge is 2.57. The third-order valence-corrected chi connectivity index (χ3v) is 9.77. The smallest absolute Gasteiger partial charge is 0.338 e. The van der Waals surface area contributed by atoms with Gasteiger partial charge in [0.2, 0.25) is 0 Å². The molecule has 3 atom stereocenters. The van der Waals surface area contributed by atoms with Crippen LogP contribution < -0.4 is 10.2 Å². The molecule has 47 heavy (non-hydrogen) atoms. The van der Waals surface area contributed by atoms with E-state index in [9.17, 15) is 28.3 Å². The lowest BCUT2D eigenvalue weighted by Gasteiger charge is -2.38. The molecule has 3 aromatic rings. The quantitative estimate of drug-likeness (QED) is 0.331. The van der Waals surface area contributed by atoms with Crippen LogP contribution in [0.2, 0.25) is 0 Å². The predicted octanol–water partition coefficient (Wildman–Crippen LogP) is 4.72. The lowest BCUT2D eigenvalue weighted by Crippen LogP contribution is -2.52. The number of halogens is 3. The number of carboxylic acid groups (broad SMARTS) is 1. The number of hydrogen-bond donors (Lipinski definition) is 2. The van der Waals surface area contributed by atoms with Gasteiger partial charge in [-0.25, -0.2) is 27.7 Å². The van der Waals surface area contributed by atoms with Crippen LogP contribution in [0.25, 0.3) is 0 Å². The van der Waals surface area contributed by atoms with Gasteiger partial charge in [-0.1, -0.05) is 6.07 Å². The van der Waals surface area contributed by atoms with Crippen molar-refractivity contribution in [3.8, 4) is 0 Å². The summed E-state index contributed by atoms with van der Waals surface area (Å²) in [6, 6.07) is 5.82. The van der Waals surface area contributed by atoms with Gasteiger partial charge in [-0.3, -0.25) is 14.7 Å². The van der Waals surface area contributed by atoms with Gasteiger partial charge in [0.25, 0.3) is 5.91 Å². The Morgan fingerprint density at radius 3 is 2.66 bits per heavy atom. The van der Waals surface area contributed by atoms with Crippen molar-refractivity contribution in [2.75, 3.05) is 37.7 Å². The Labute approximate surface area is 272 Å². The predicted molar refractivity (Wildman–Crippen MR) is 168 cm³/mol. The molecule has 6 rings (SSSR count). The maximum absolute atomic E-state index is 16.4. The maximum atomic E-state index is 16.4. The number of ether oxygens (including phenoxy) is 1. The molecule has 0 saturated carbocycles. The summed E-state index contributed by atoms with van der Waals surface area (Å²) in [6.07, 6.45) is 1.50. The summed E-state index contributed by atoms with van der Waals surface area (Å²) in [7, 11) is 0. The van der Waals surface area contributed by atoms with E-state index < -0.39 is 47.1 Å². The number of carbonyl (C=O) groups excluding carboxylic acids is 2. The Morgan fingerprint density at radius 1 is 1.19 bits per heavy atom. The van der Waals surface area contributed by atoms with Gasteiger partial charge >= 0.3 is 11.9 Å². The number of carboxylic acids is 1. The number of hydrogen-bond acceptors (Lipinski definition) is 9. The zero-order chi connectivity index (χ0) is 33.6. The molecule has 246 valence electrons. The molecule has 2 aromatic carbocycles. The summed E-state index contributed by atoms with van der Waals surface area (Å²) in [5.74, 6) is -4.90. The van der Waals surface area contributed by atoms with E-state index >= 15 is 4.39 Å². The van der Waals surface area contributed by atoms with E-state index in [0.29, 0.717) is 27.8 Å². The van der Waals surface area contributed by atoms with Crippen molar-refractivity contribution in [2.24, 2.45) is 10.9 Å². The molecule has 1 amide bonds. The number of alkyl halides is 1. The van der Waals surface area contributed by atoms with Crippen molar-refractivity contribution in [2.45, 2.75) is 38.9 Å². The molecule has 0 aliphatic carbocycles. The normalized spacial score (nSPS) is 23.0. The van der Waals surface area contributed by atoms with Gasteiger partial charge in [0, 0.05) is 61.5 Å². The third kappa shape index (κ3) is 5.80. The summed E-state index contributed by atoms with van der Waals surface area (Å²) < 4.78 is 50.7. The van der Waals surface area contributed by atoms with E-state index in [0.717, 1.165) is 6.07 Å². The molecular formula is C33H32F3N5O5S. The van der Waals surface area contributed by atoms with Crippen LogP contribution in [-0.2, 0) is 14.3 Å². The second-order valence-corrected chi connectivity index (χ2v) is 12.7. The number of fused-ring (bicyclic) bond motifs is 1.